The molecule has 0 saturated heterocycles. The number of benzene rings is 1. The smallest absolute Gasteiger partial charge is 0.224 e. The van der Waals surface area contributed by atoms with E-state index in [0.717, 1.165) is 16.9 Å². The van der Waals surface area contributed by atoms with Gasteiger partial charge in [0.15, 0.2) is 0 Å². The molecule has 0 aliphatic heterocycles. The van der Waals surface area contributed by atoms with Crippen LogP contribution in [0.25, 0.3) is 11.1 Å². The monoisotopic (exact) mass is 308 g/mol. The molecule has 0 aliphatic carbocycles. The van der Waals surface area contributed by atoms with Crippen molar-refractivity contribution in [2.75, 3.05) is 24.3 Å². The molecule has 2 heterocycles. The quantitative estimate of drug-likeness (QED) is 0.785. The fourth-order valence-electron chi connectivity index (χ4n) is 2.30. The maximum absolute atomic E-state index is 4.46. The summed E-state index contributed by atoms with van der Waals surface area (Å²) in [7, 11) is 5.84. The Balaban J connectivity index is 1.72. The number of nitrogens with one attached hydrogen (secondary N) is 1. The van der Waals surface area contributed by atoms with Crippen LogP contribution in [-0.2, 0) is 13.6 Å². The van der Waals surface area contributed by atoms with E-state index in [1.807, 2.05) is 44.5 Å². The third kappa shape index (κ3) is 3.66. The van der Waals surface area contributed by atoms with Crippen molar-refractivity contribution in [2.24, 2.45) is 7.05 Å². The first-order chi connectivity index (χ1) is 11.1. The second-order valence-electron chi connectivity index (χ2n) is 5.59. The van der Waals surface area contributed by atoms with E-state index in [2.05, 4.69) is 44.6 Å². The minimum Gasteiger partial charge on any atom is -0.363 e. The van der Waals surface area contributed by atoms with Gasteiger partial charge >= 0.3 is 0 Å². The van der Waals surface area contributed by atoms with E-state index in [1.54, 1.807) is 10.9 Å². The van der Waals surface area contributed by atoms with E-state index in [0.29, 0.717) is 12.5 Å². The molecule has 0 atom stereocenters. The molecule has 3 rings (SSSR count). The molecule has 2 aromatic heterocycles. The zero-order chi connectivity index (χ0) is 16.2. The number of anilines is 2. The Morgan fingerprint density at radius 3 is 2.78 bits per heavy atom. The summed E-state index contributed by atoms with van der Waals surface area (Å²) in [5.41, 5.74) is 3.44. The van der Waals surface area contributed by atoms with Crippen molar-refractivity contribution in [3.8, 4) is 11.1 Å². The molecule has 1 N–H and O–H groups in total. The van der Waals surface area contributed by atoms with E-state index >= 15 is 0 Å². The Morgan fingerprint density at radius 2 is 2.04 bits per heavy atom. The third-order valence-corrected chi connectivity index (χ3v) is 3.51. The largest absolute Gasteiger partial charge is 0.363 e. The molecule has 23 heavy (non-hydrogen) atoms. The van der Waals surface area contributed by atoms with Gasteiger partial charge in [0.05, 0.1) is 6.20 Å². The summed E-state index contributed by atoms with van der Waals surface area (Å²) in [5, 5.41) is 7.49. The summed E-state index contributed by atoms with van der Waals surface area (Å²) in [5.74, 6) is 1.51. The lowest BCUT2D eigenvalue weighted by molar-refractivity contribution is 0.768. The first-order valence-corrected chi connectivity index (χ1v) is 7.44. The Bertz CT molecular complexity index is 793. The third-order valence-electron chi connectivity index (χ3n) is 3.51. The summed E-state index contributed by atoms with van der Waals surface area (Å²) in [6.45, 7) is 0.672. The van der Waals surface area contributed by atoms with Crippen molar-refractivity contribution in [3.05, 3.63) is 54.5 Å². The van der Waals surface area contributed by atoms with Crippen LogP contribution in [0.15, 0.2) is 48.9 Å². The predicted octanol–water partition coefficient (Wildman–Crippen LogP) is 2.56. The fourth-order valence-corrected chi connectivity index (χ4v) is 2.30. The Hall–Kier alpha value is -2.89. The van der Waals surface area contributed by atoms with Gasteiger partial charge in [-0.05, 0) is 23.3 Å². The van der Waals surface area contributed by atoms with Gasteiger partial charge in [-0.25, -0.2) is 4.98 Å². The summed E-state index contributed by atoms with van der Waals surface area (Å²) < 4.78 is 1.81. The zero-order valence-corrected chi connectivity index (χ0v) is 13.6. The van der Waals surface area contributed by atoms with Crippen LogP contribution in [-0.4, -0.2) is 33.8 Å². The lowest BCUT2D eigenvalue weighted by Gasteiger charge is -2.12. The second-order valence-corrected chi connectivity index (χ2v) is 5.59. The van der Waals surface area contributed by atoms with Crippen LogP contribution in [0.4, 0.5) is 11.8 Å². The second kappa shape index (κ2) is 6.48. The highest BCUT2D eigenvalue weighted by Crippen LogP contribution is 2.20. The molecule has 0 saturated carbocycles. The molecular weight excluding hydrogens is 288 g/mol. The van der Waals surface area contributed by atoms with Crippen molar-refractivity contribution in [1.29, 1.82) is 0 Å². The first kappa shape index (κ1) is 15.0. The molecule has 6 nitrogen and oxygen atoms in total. The number of rotatable bonds is 5. The first-order valence-electron chi connectivity index (χ1n) is 7.44. The molecule has 118 valence electrons. The van der Waals surface area contributed by atoms with Gasteiger partial charge in [0.25, 0.3) is 0 Å². The SMILES string of the molecule is CN(C)c1ccnc(NCc2cccc(-c3cnn(C)c3)c2)n1. The van der Waals surface area contributed by atoms with Gasteiger partial charge < -0.3 is 10.2 Å². The van der Waals surface area contributed by atoms with Crippen molar-refractivity contribution in [2.45, 2.75) is 6.54 Å². The summed E-state index contributed by atoms with van der Waals surface area (Å²) >= 11 is 0. The standard InChI is InChI=1S/C17H20N6/c1-22(2)16-7-8-18-17(21-16)19-10-13-5-4-6-14(9-13)15-11-20-23(3)12-15/h4-9,11-12H,10H2,1-3H3,(H,18,19,21). The van der Waals surface area contributed by atoms with Crippen molar-refractivity contribution >= 4 is 11.8 Å². The molecule has 1 aromatic carbocycles. The molecule has 6 heteroatoms. The number of hydrogen-bond donors (Lipinski definition) is 1. The van der Waals surface area contributed by atoms with Gasteiger partial charge in [-0.3, -0.25) is 4.68 Å². The number of nitrogens with zero attached hydrogens (tertiary/aromatic N) is 5. The Morgan fingerprint density at radius 1 is 1.17 bits per heavy atom. The van der Waals surface area contributed by atoms with Gasteiger partial charge in [0.2, 0.25) is 5.95 Å². The highest BCUT2D eigenvalue weighted by Gasteiger charge is 2.04. The number of aryl methyl sites for hydroxylation is 1. The lowest BCUT2D eigenvalue weighted by atomic mass is 10.1. The van der Waals surface area contributed by atoms with Crippen molar-refractivity contribution in [3.63, 3.8) is 0 Å². The summed E-state index contributed by atoms with van der Waals surface area (Å²) in [6, 6.07) is 10.3. The Kier molecular flexibility index (Phi) is 4.23. The van der Waals surface area contributed by atoms with Gasteiger partial charge in [0.1, 0.15) is 5.82 Å². The van der Waals surface area contributed by atoms with Crippen LogP contribution in [0.3, 0.4) is 0 Å². The van der Waals surface area contributed by atoms with Crippen LogP contribution in [0, 0.1) is 0 Å². The van der Waals surface area contributed by atoms with Gasteiger partial charge in [-0.1, -0.05) is 18.2 Å². The molecule has 0 spiro atoms. The van der Waals surface area contributed by atoms with Crippen molar-refractivity contribution in [1.82, 2.24) is 19.7 Å². The number of hydrogen-bond acceptors (Lipinski definition) is 5. The van der Waals surface area contributed by atoms with Gasteiger partial charge in [-0.2, -0.15) is 10.1 Å². The molecule has 0 fully saturated rings. The molecule has 0 bridgehead atoms. The lowest BCUT2D eigenvalue weighted by Crippen LogP contribution is -2.12. The fraction of sp³-hybridized carbons (Fsp3) is 0.235. The van der Waals surface area contributed by atoms with E-state index < -0.39 is 0 Å². The Labute approximate surface area is 135 Å². The molecule has 0 unspecified atom stereocenters. The van der Waals surface area contributed by atoms with E-state index in [-0.39, 0.29) is 0 Å². The summed E-state index contributed by atoms with van der Waals surface area (Å²) in [6.07, 6.45) is 5.64. The molecule has 0 amide bonds. The van der Waals surface area contributed by atoms with Crippen LogP contribution in [0.2, 0.25) is 0 Å². The average molecular weight is 308 g/mol. The molecule has 3 aromatic rings. The topological polar surface area (TPSA) is 58.9 Å². The van der Waals surface area contributed by atoms with Gasteiger partial charge in [0, 0.05) is 45.6 Å². The highest BCUT2D eigenvalue weighted by molar-refractivity contribution is 5.62. The maximum Gasteiger partial charge on any atom is 0.224 e. The molecule has 0 aliphatic rings. The minimum atomic E-state index is 0.628. The minimum absolute atomic E-state index is 0.628. The number of aromatic nitrogens is 4. The van der Waals surface area contributed by atoms with E-state index in [4.69, 9.17) is 0 Å². The van der Waals surface area contributed by atoms with E-state index in [9.17, 15) is 0 Å². The van der Waals surface area contributed by atoms with Gasteiger partial charge in [-0.15, -0.1) is 0 Å². The zero-order valence-electron chi connectivity index (χ0n) is 13.6. The summed E-state index contributed by atoms with van der Waals surface area (Å²) in [4.78, 5) is 10.7. The van der Waals surface area contributed by atoms with Crippen molar-refractivity contribution < 1.29 is 0 Å². The van der Waals surface area contributed by atoms with Crippen LogP contribution < -0.4 is 10.2 Å². The highest BCUT2D eigenvalue weighted by atomic mass is 15.2. The van der Waals surface area contributed by atoms with Crippen LogP contribution >= 0.6 is 0 Å². The maximum atomic E-state index is 4.46. The van der Waals surface area contributed by atoms with E-state index in [1.165, 1.54) is 5.56 Å². The van der Waals surface area contributed by atoms with Crippen LogP contribution in [0.5, 0.6) is 0 Å². The normalized spacial score (nSPS) is 10.6. The van der Waals surface area contributed by atoms with Crippen LogP contribution in [0.1, 0.15) is 5.56 Å². The predicted molar refractivity (Wildman–Crippen MR) is 92.3 cm³/mol. The molecule has 0 radical (unpaired) electrons. The average Bonchev–Trinajstić information content (AvgIpc) is 3.00. The molecular formula is C17H20N6.